The summed E-state index contributed by atoms with van der Waals surface area (Å²) in [7, 11) is 0. The van der Waals surface area contributed by atoms with Gasteiger partial charge in [-0.1, -0.05) is 6.42 Å². The number of hydrogen-bond acceptors (Lipinski definition) is 3. The molecule has 1 aliphatic heterocycles. The molecule has 0 radical (unpaired) electrons. The zero-order valence-electron chi connectivity index (χ0n) is 8.66. The Hall–Kier alpha value is -0.900. The molecular weight excluding hydrogens is 180 g/mol. The maximum atomic E-state index is 11.1. The van der Waals surface area contributed by atoms with E-state index in [1.807, 2.05) is 4.90 Å². The first kappa shape index (κ1) is 11.2. The number of carbonyl (C=O) groups excluding carboxylic acids is 2. The van der Waals surface area contributed by atoms with Gasteiger partial charge in [-0.05, 0) is 26.3 Å². The van der Waals surface area contributed by atoms with E-state index in [0.29, 0.717) is 13.0 Å². The maximum Gasteiger partial charge on any atom is 0.234 e. The molecule has 4 nitrogen and oxygen atoms in total. The molecule has 0 aromatic carbocycles. The zero-order valence-corrected chi connectivity index (χ0v) is 8.66. The summed E-state index contributed by atoms with van der Waals surface area (Å²) in [6, 6.07) is -0.150. The van der Waals surface area contributed by atoms with Gasteiger partial charge >= 0.3 is 0 Å². The summed E-state index contributed by atoms with van der Waals surface area (Å²) in [5, 5.41) is 0. The lowest BCUT2D eigenvalue weighted by atomic mass is 10.0. The second-order valence-electron chi connectivity index (χ2n) is 3.90. The van der Waals surface area contributed by atoms with E-state index in [-0.39, 0.29) is 17.7 Å². The SMILES string of the molecule is CC(=O)CCN1CCCCC1C(N)=O. The molecule has 1 aliphatic rings. The number of Topliss-reactive ketones (excluding diaryl/α,β-unsaturated/α-hetero) is 1. The van der Waals surface area contributed by atoms with E-state index in [0.717, 1.165) is 25.8 Å². The lowest BCUT2D eigenvalue weighted by molar-refractivity contribution is -0.125. The molecule has 1 atom stereocenters. The molecule has 4 heteroatoms. The smallest absolute Gasteiger partial charge is 0.234 e. The van der Waals surface area contributed by atoms with Crippen molar-refractivity contribution >= 4 is 11.7 Å². The van der Waals surface area contributed by atoms with Crippen LogP contribution in [0, 0.1) is 0 Å². The first-order valence-electron chi connectivity index (χ1n) is 5.14. The molecule has 1 saturated heterocycles. The lowest BCUT2D eigenvalue weighted by Gasteiger charge is -2.33. The fourth-order valence-electron chi connectivity index (χ4n) is 1.88. The predicted molar refractivity (Wildman–Crippen MR) is 53.7 cm³/mol. The van der Waals surface area contributed by atoms with E-state index < -0.39 is 0 Å². The summed E-state index contributed by atoms with van der Waals surface area (Å²) in [6.45, 7) is 3.13. The second kappa shape index (κ2) is 5.10. The van der Waals surface area contributed by atoms with Gasteiger partial charge in [-0.25, -0.2) is 0 Å². The van der Waals surface area contributed by atoms with Crippen LogP contribution >= 0.6 is 0 Å². The highest BCUT2D eigenvalue weighted by molar-refractivity contribution is 5.80. The molecule has 1 rings (SSSR count). The molecule has 80 valence electrons. The van der Waals surface area contributed by atoms with E-state index in [4.69, 9.17) is 5.73 Å². The molecule has 1 fully saturated rings. The number of primary amides is 1. The normalized spacial score (nSPS) is 23.4. The molecule has 0 aromatic heterocycles. The summed E-state index contributed by atoms with van der Waals surface area (Å²) in [5.41, 5.74) is 5.30. The Bertz CT molecular complexity index is 228. The van der Waals surface area contributed by atoms with Crippen LogP contribution < -0.4 is 5.73 Å². The average Bonchev–Trinajstić information content (AvgIpc) is 2.15. The van der Waals surface area contributed by atoms with E-state index >= 15 is 0 Å². The Morgan fingerprint density at radius 2 is 2.14 bits per heavy atom. The van der Waals surface area contributed by atoms with Crippen LogP contribution in [-0.2, 0) is 9.59 Å². The lowest BCUT2D eigenvalue weighted by Crippen LogP contribution is -2.48. The van der Waals surface area contributed by atoms with Crippen LogP contribution in [0.5, 0.6) is 0 Å². The van der Waals surface area contributed by atoms with Crippen molar-refractivity contribution in [1.82, 2.24) is 4.90 Å². The van der Waals surface area contributed by atoms with Gasteiger partial charge in [0.05, 0.1) is 6.04 Å². The molecular formula is C10H18N2O2. The number of piperidine rings is 1. The van der Waals surface area contributed by atoms with Gasteiger partial charge in [0.15, 0.2) is 0 Å². The topological polar surface area (TPSA) is 63.4 Å². The van der Waals surface area contributed by atoms with Gasteiger partial charge in [0.25, 0.3) is 0 Å². The van der Waals surface area contributed by atoms with Crippen LogP contribution in [-0.4, -0.2) is 35.7 Å². The van der Waals surface area contributed by atoms with Gasteiger partial charge in [-0.2, -0.15) is 0 Å². The summed E-state index contributed by atoms with van der Waals surface area (Å²) in [5.74, 6) is -0.0907. The highest BCUT2D eigenvalue weighted by Crippen LogP contribution is 2.16. The molecule has 1 amide bonds. The van der Waals surface area contributed by atoms with Crippen molar-refractivity contribution in [3.8, 4) is 0 Å². The molecule has 1 heterocycles. The van der Waals surface area contributed by atoms with E-state index in [1.165, 1.54) is 0 Å². The molecule has 0 spiro atoms. The van der Waals surface area contributed by atoms with Crippen molar-refractivity contribution in [2.45, 2.75) is 38.6 Å². The Morgan fingerprint density at radius 1 is 1.43 bits per heavy atom. The Kier molecular flexibility index (Phi) is 4.07. The Balaban J connectivity index is 2.45. The van der Waals surface area contributed by atoms with E-state index in [2.05, 4.69) is 0 Å². The first-order chi connectivity index (χ1) is 6.61. The van der Waals surface area contributed by atoms with Gasteiger partial charge in [0.2, 0.25) is 5.91 Å². The monoisotopic (exact) mass is 198 g/mol. The first-order valence-corrected chi connectivity index (χ1v) is 5.14. The summed E-state index contributed by atoms with van der Waals surface area (Å²) >= 11 is 0. The Morgan fingerprint density at radius 3 is 2.71 bits per heavy atom. The van der Waals surface area contributed by atoms with Crippen LogP contribution in [0.3, 0.4) is 0 Å². The quantitative estimate of drug-likeness (QED) is 0.707. The number of likely N-dealkylation sites (tertiary alicyclic amines) is 1. The minimum atomic E-state index is -0.256. The molecule has 1 unspecified atom stereocenters. The third-order valence-electron chi connectivity index (χ3n) is 2.69. The summed E-state index contributed by atoms with van der Waals surface area (Å²) in [4.78, 5) is 24.0. The number of amides is 1. The van der Waals surface area contributed by atoms with Gasteiger partial charge < -0.3 is 5.73 Å². The van der Waals surface area contributed by atoms with Crippen molar-refractivity contribution in [2.75, 3.05) is 13.1 Å². The van der Waals surface area contributed by atoms with Crippen LogP contribution in [0.1, 0.15) is 32.6 Å². The number of hydrogen-bond donors (Lipinski definition) is 1. The number of rotatable bonds is 4. The largest absolute Gasteiger partial charge is 0.368 e. The highest BCUT2D eigenvalue weighted by atomic mass is 16.1. The fourth-order valence-corrected chi connectivity index (χ4v) is 1.88. The Labute approximate surface area is 84.4 Å². The van der Waals surface area contributed by atoms with Crippen LogP contribution in [0.25, 0.3) is 0 Å². The summed E-state index contributed by atoms with van der Waals surface area (Å²) in [6.07, 6.45) is 3.52. The predicted octanol–water partition coefficient (Wildman–Crippen LogP) is 0.305. The zero-order chi connectivity index (χ0) is 10.6. The minimum absolute atomic E-state index is 0.150. The van der Waals surface area contributed by atoms with E-state index in [9.17, 15) is 9.59 Å². The third kappa shape index (κ3) is 3.10. The number of ketones is 1. The molecule has 0 saturated carbocycles. The van der Waals surface area contributed by atoms with Crippen molar-refractivity contribution in [3.05, 3.63) is 0 Å². The van der Waals surface area contributed by atoms with Gasteiger partial charge in [-0.3, -0.25) is 14.5 Å². The van der Waals surface area contributed by atoms with Crippen molar-refractivity contribution in [1.29, 1.82) is 0 Å². The number of carbonyl (C=O) groups is 2. The van der Waals surface area contributed by atoms with Crippen molar-refractivity contribution in [2.24, 2.45) is 5.73 Å². The van der Waals surface area contributed by atoms with Crippen molar-refractivity contribution in [3.63, 3.8) is 0 Å². The maximum absolute atomic E-state index is 11.1. The average molecular weight is 198 g/mol. The minimum Gasteiger partial charge on any atom is -0.368 e. The van der Waals surface area contributed by atoms with Gasteiger partial charge in [0.1, 0.15) is 5.78 Å². The number of nitrogens with two attached hydrogens (primary N) is 1. The van der Waals surface area contributed by atoms with Gasteiger partial charge in [-0.15, -0.1) is 0 Å². The van der Waals surface area contributed by atoms with Crippen LogP contribution in [0.15, 0.2) is 0 Å². The van der Waals surface area contributed by atoms with E-state index in [1.54, 1.807) is 6.92 Å². The molecule has 0 aromatic rings. The molecule has 14 heavy (non-hydrogen) atoms. The highest BCUT2D eigenvalue weighted by Gasteiger charge is 2.26. The summed E-state index contributed by atoms with van der Waals surface area (Å²) < 4.78 is 0. The third-order valence-corrected chi connectivity index (χ3v) is 2.69. The van der Waals surface area contributed by atoms with Crippen LogP contribution in [0.2, 0.25) is 0 Å². The molecule has 2 N–H and O–H groups in total. The molecule has 0 aliphatic carbocycles. The second-order valence-corrected chi connectivity index (χ2v) is 3.90. The fraction of sp³-hybridized carbons (Fsp3) is 0.800. The van der Waals surface area contributed by atoms with Crippen molar-refractivity contribution < 1.29 is 9.59 Å². The standard InChI is InChI=1S/C10H18N2O2/c1-8(13)5-7-12-6-3-2-4-9(12)10(11)14/h9H,2-7H2,1H3,(H2,11,14). The van der Waals surface area contributed by atoms with Crippen LogP contribution in [0.4, 0.5) is 0 Å². The molecule has 0 bridgehead atoms. The van der Waals surface area contributed by atoms with Gasteiger partial charge in [0, 0.05) is 13.0 Å². The number of nitrogens with zero attached hydrogens (tertiary/aromatic N) is 1.